The summed E-state index contributed by atoms with van der Waals surface area (Å²) in [6, 6.07) is 12.4. The van der Waals surface area contributed by atoms with E-state index in [4.69, 9.17) is 4.74 Å². The Hall–Kier alpha value is -2.89. The van der Waals surface area contributed by atoms with Gasteiger partial charge in [0.05, 0.1) is 6.04 Å². The molecule has 1 aromatic heterocycles. The van der Waals surface area contributed by atoms with Gasteiger partial charge in [0.2, 0.25) is 0 Å². The summed E-state index contributed by atoms with van der Waals surface area (Å²) in [7, 11) is 0. The third-order valence-electron chi connectivity index (χ3n) is 4.31. The SMILES string of the molecule is CC(C)c1ccc([C@H](NC(=O)COC(=O)c2cccc[n+]2[O-])C(C)C)cc1. The number of pyridine rings is 1. The molecule has 0 radical (unpaired) electrons. The average molecular weight is 370 g/mol. The fraction of sp³-hybridized carbons (Fsp3) is 0.381. The number of carbonyl (C=O) groups excluding carboxylic acids is 2. The summed E-state index contributed by atoms with van der Waals surface area (Å²) < 4.78 is 5.38. The first-order valence-electron chi connectivity index (χ1n) is 9.04. The van der Waals surface area contributed by atoms with Crippen molar-refractivity contribution in [3.63, 3.8) is 0 Å². The molecule has 2 aromatic rings. The summed E-state index contributed by atoms with van der Waals surface area (Å²) in [4.78, 5) is 24.2. The largest absolute Gasteiger partial charge is 0.618 e. The molecule has 144 valence electrons. The predicted octanol–water partition coefficient (Wildman–Crippen LogP) is 3.11. The lowest BCUT2D eigenvalue weighted by molar-refractivity contribution is -0.608. The van der Waals surface area contributed by atoms with Gasteiger partial charge in [0, 0.05) is 12.1 Å². The maximum absolute atomic E-state index is 12.3. The van der Waals surface area contributed by atoms with Gasteiger partial charge in [0.1, 0.15) is 0 Å². The number of aromatic nitrogens is 1. The lowest BCUT2D eigenvalue weighted by Gasteiger charge is -2.23. The van der Waals surface area contributed by atoms with Crippen LogP contribution in [0, 0.1) is 11.1 Å². The minimum absolute atomic E-state index is 0.157. The van der Waals surface area contributed by atoms with Crippen LogP contribution >= 0.6 is 0 Å². The molecule has 0 spiro atoms. The van der Waals surface area contributed by atoms with Gasteiger partial charge in [0.25, 0.3) is 5.91 Å². The first-order chi connectivity index (χ1) is 12.8. The Labute approximate surface area is 159 Å². The van der Waals surface area contributed by atoms with E-state index >= 15 is 0 Å². The Morgan fingerprint density at radius 2 is 1.67 bits per heavy atom. The number of hydrogen-bond acceptors (Lipinski definition) is 4. The zero-order valence-corrected chi connectivity index (χ0v) is 16.1. The van der Waals surface area contributed by atoms with Gasteiger partial charge in [-0.25, -0.2) is 4.79 Å². The molecule has 1 amide bonds. The molecule has 6 heteroatoms. The van der Waals surface area contributed by atoms with Crippen molar-refractivity contribution in [1.82, 2.24) is 5.32 Å². The van der Waals surface area contributed by atoms with Gasteiger partial charge in [-0.3, -0.25) is 4.79 Å². The number of benzene rings is 1. The molecule has 1 atom stereocenters. The van der Waals surface area contributed by atoms with E-state index in [9.17, 15) is 14.8 Å². The highest BCUT2D eigenvalue weighted by Gasteiger charge is 2.21. The number of nitrogens with zero attached hydrogens (tertiary/aromatic N) is 1. The first-order valence-corrected chi connectivity index (χ1v) is 9.04. The van der Waals surface area contributed by atoms with Gasteiger partial charge in [0.15, 0.2) is 12.8 Å². The third-order valence-corrected chi connectivity index (χ3v) is 4.31. The molecule has 0 bridgehead atoms. The molecule has 2 rings (SSSR count). The van der Waals surface area contributed by atoms with Crippen LogP contribution in [0.25, 0.3) is 0 Å². The highest BCUT2D eigenvalue weighted by atomic mass is 16.5. The van der Waals surface area contributed by atoms with Crippen molar-refractivity contribution < 1.29 is 19.1 Å². The van der Waals surface area contributed by atoms with Crippen molar-refractivity contribution in [1.29, 1.82) is 0 Å². The molecular formula is C21H26N2O4. The molecule has 0 aliphatic rings. The summed E-state index contributed by atoms with van der Waals surface area (Å²) in [6.07, 6.45) is 1.20. The maximum Gasteiger partial charge on any atom is 0.405 e. The zero-order valence-electron chi connectivity index (χ0n) is 16.1. The molecule has 1 N–H and O–H groups in total. The number of rotatable bonds is 7. The molecule has 0 aliphatic heterocycles. The van der Waals surface area contributed by atoms with Crippen molar-refractivity contribution in [2.24, 2.45) is 5.92 Å². The van der Waals surface area contributed by atoms with Crippen molar-refractivity contribution in [2.75, 3.05) is 6.61 Å². The van der Waals surface area contributed by atoms with Crippen molar-refractivity contribution >= 4 is 11.9 Å². The predicted molar refractivity (Wildman–Crippen MR) is 102 cm³/mol. The van der Waals surface area contributed by atoms with Gasteiger partial charge >= 0.3 is 11.7 Å². The topological polar surface area (TPSA) is 82.3 Å². The van der Waals surface area contributed by atoms with Crippen LogP contribution in [0.4, 0.5) is 0 Å². The smallest absolute Gasteiger partial charge is 0.405 e. The van der Waals surface area contributed by atoms with Crippen LogP contribution in [-0.2, 0) is 9.53 Å². The van der Waals surface area contributed by atoms with Crippen molar-refractivity contribution in [2.45, 2.75) is 39.7 Å². The highest BCUT2D eigenvalue weighted by molar-refractivity contribution is 5.88. The Kier molecular flexibility index (Phi) is 6.93. The summed E-state index contributed by atoms with van der Waals surface area (Å²) in [5.74, 6) is -0.647. The summed E-state index contributed by atoms with van der Waals surface area (Å²) >= 11 is 0. The third kappa shape index (κ3) is 5.54. The summed E-state index contributed by atoms with van der Waals surface area (Å²) in [5, 5.41) is 14.4. The van der Waals surface area contributed by atoms with Gasteiger partial charge < -0.3 is 15.3 Å². The van der Waals surface area contributed by atoms with Crippen LogP contribution in [0.1, 0.15) is 61.3 Å². The van der Waals surface area contributed by atoms with Gasteiger partial charge in [-0.1, -0.05) is 52.0 Å². The van der Waals surface area contributed by atoms with Crippen molar-refractivity contribution in [3.8, 4) is 0 Å². The Bertz CT molecular complexity index is 785. The van der Waals surface area contributed by atoms with Gasteiger partial charge in [-0.05, 0) is 29.0 Å². The quantitative estimate of drug-likeness (QED) is 0.461. The van der Waals surface area contributed by atoms with Crippen LogP contribution in [0.3, 0.4) is 0 Å². The number of nitrogens with one attached hydrogen (secondary N) is 1. The fourth-order valence-corrected chi connectivity index (χ4v) is 2.73. The Morgan fingerprint density at radius 3 is 2.22 bits per heavy atom. The molecule has 0 unspecified atom stereocenters. The molecule has 1 aromatic carbocycles. The Balaban J connectivity index is 1.98. The van der Waals surface area contributed by atoms with E-state index in [0.717, 1.165) is 5.56 Å². The Morgan fingerprint density at radius 1 is 1.04 bits per heavy atom. The van der Waals surface area contributed by atoms with Crippen LogP contribution in [-0.4, -0.2) is 18.5 Å². The van der Waals surface area contributed by atoms with Crippen LogP contribution in [0.2, 0.25) is 0 Å². The first kappa shape index (κ1) is 20.4. The molecule has 27 heavy (non-hydrogen) atoms. The van der Waals surface area contributed by atoms with Gasteiger partial charge in [-0.2, -0.15) is 4.73 Å². The number of amides is 1. The van der Waals surface area contributed by atoms with E-state index in [1.54, 1.807) is 6.07 Å². The maximum atomic E-state index is 12.3. The molecular weight excluding hydrogens is 344 g/mol. The van der Waals surface area contributed by atoms with Crippen molar-refractivity contribution in [3.05, 3.63) is 70.7 Å². The number of esters is 1. The molecule has 1 heterocycles. The zero-order chi connectivity index (χ0) is 20.0. The van der Waals surface area contributed by atoms with Crippen LogP contribution in [0.5, 0.6) is 0 Å². The second kappa shape index (κ2) is 9.16. The second-order valence-corrected chi connectivity index (χ2v) is 7.10. The number of ether oxygens (including phenoxy) is 1. The lowest BCUT2D eigenvalue weighted by atomic mass is 9.93. The highest BCUT2D eigenvalue weighted by Crippen LogP contribution is 2.24. The van der Waals surface area contributed by atoms with E-state index < -0.39 is 18.5 Å². The van der Waals surface area contributed by atoms with Crippen LogP contribution in [0.15, 0.2) is 48.7 Å². The second-order valence-electron chi connectivity index (χ2n) is 7.10. The molecule has 0 aliphatic carbocycles. The minimum Gasteiger partial charge on any atom is -0.618 e. The molecule has 0 saturated carbocycles. The van der Waals surface area contributed by atoms with E-state index in [1.807, 2.05) is 26.0 Å². The lowest BCUT2D eigenvalue weighted by Crippen LogP contribution is -2.37. The standard InChI is InChI=1S/C21H26N2O4/c1-14(2)16-8-10-17(11-9-16)20(15(3)4)22-19(24)13-27-21(25)18-7-5-6-12-23(18)26/h5-12,14-15,20H,13H2,1-4H3,(H,22,24)/t20-/m1/s1. The molecule has 6 nitrogen and oxygen atoms in total. The van der Waals surface area contributed by atoms with E-state index in [1.165, 1.54) is 23.9 Å². The van der Waals surface area contributed by atoms with E-state index in [2.05, 4.69) is 31.3 Å². The molecule has 0 fully saturated rings. The molecule has 0 saturated heterocycles. The summed E-state index contributed by atoms with van der Waals surface area (Å²) in [5.41, 5.74) is 2.07. The minimum atomic E-state index is -0.830. The van der Waals surface area contributed by atoms with E-state index in [0.29, 0.717) is 10.6 Å². The van der Waals surface area contributed by atoms with Gasteiger partial charge in [-0.15, -0.1) is 0 Å². The summed E-state index contributed by atoms with van der Waals surface area (Å²) in [6.45, 7) is 7.84. The number of hydrogen-bond donors (Lipinski definition) is 1. The average Bonchev–Trinajstić information content (AvgIpc) is 2.64. The fourth-order valence-electron chi connectivity index (χ4n) is 2.73. The normalized spacial score (nSPS) is 12.1. The monoisotopic (exact) mass is 370 g/mol. The van der Waals surface area contributed by atoms with Crippen LogP contribution < -0.4 is 10.0 Å². The number of carbonyl (C=O) groups is 2. The van der Waals surface area contributed by atoms with E-state index in [-0.39, 0.29) is 17.7 Å².